The predicted molar refractivity (Wildman–Crippen MR) is 78.7 cm³/mol. The van der Waals surface area contributed by atoms with Gasteiger partial charge in [0.25, 0.3) is 0 Å². The second-order valence-corrected chi connectivity index (χ2v) is 7.03. The number of hydrogen-bond donors (Lipinski definition) is 1. The molecule has 1 atom stereocenters. The summed E-state index contributed by atoms with van der Waals surface area (Å²) in [5.74, 6) is 0. The molecule has 1 fully saturated rings. The molecular formula is C14H16N2O4S. The summed E-state index contributed by atoms with van der Waals surface area (Å²) in [6, 6.07) is 7.59. The minimum absolute atomic E-state index is 0.193. The molecule has 0 radical (unpaired) electrons. The van der Waals surface area contributed by atoms with Crippen LogP contribution in [0.3, 0.4) is 0 Å². The van der Waals surface area contributed by atoms with E-state index >= 15 is 0 Å². The van der Waals surface area contributed by atoms with Crippen molar-refractivity contribution in [3.05, 3.63) is 40.8 Å². The molecule has 2 heterocycles. The summed E-state index contributed by atoms with van der Waals surface area (Å²) in [5, 5.41) is 3.69. The lowest BCUT2D eigenvalue weighted by Gasteiger charge is -2.16. The third-order valence-corrected chi connectivity index (χ3v) is 5.65. The van der Waals surface area contributed by atoms with Crippen molar-refractivity contribution < 1.29 is 12.8 Å². The first-order chi connectivity index (χ1) is 10.0. The minimum Gasteiger partial charge on any atom is -0.423 e. The van der Waals surface area contributed by atoms with Gasteiger partial charge in [-0.3, -0.25) is 0 Å². The number of likely N-dealkylation sites (N-methyl/N-ethyl adjacent to an activating group) is 1. The molecule has 1 N–H and O–H groups in total. The van der Waals surface area contributed by atoms with E-state index in [1.54, 1.807) is 12.1 Å². The van der Waals surface area contributed by atoms with E-state index in [9.17, 15) is 13.2 Å². The number of nitrogens with zero attached hydrogens (tertiary/aromatic N) is 1. The van der Waals surface area contributed by atoms with Gasteiger partial charge in [-0.05, 0) is 37.7 Å². The van der Waals surface area contributed by atoms with Gasteiger partial charge in [-0.1, -0.05) is 0 Å². The van der Waals surface area contributed by atoms with Crippen LogP contribution in [0.25, 0.3) is 11.0 Å². The summed E-state index contributed by atoms with van der Waals surface area (Å²) in [7, 11) is -1.68. The highest BCUT2D eigenvalue weighted by atomic mass is 32.2. The zero-order valence-corrected chi connectivity index (χ0v) is 12.4. The van der Waals surface area contributed by atoms with Crippen molar-refractivity contribution in [2.75, 3.05) is 20.1 Å². The second-order valence-electron chi connectivity index (χ2n) is 5.09. The van der Waals surface area contributed by atoms with E-state index in [1.807, 2.05) is 7.05 Å². The molecule has 3 rings (SSSR count). The highest BCUT2D eigenvalue weighted by Crippen LogP contribution is 2.24. The van der Waals surface area contributed by atoms with Crippen molar-refractivity contribution in [3.8, 4) is 0 Å². The van der Waals surface area contributed by atoms with Gasteiger partial charge >= 0.3 is 5.63 Å². The lowest BCUT2D eigenvalue weighted by molar-refractivity contribution is 0.464. The molecule has 0 saturated carbocycles. The van der Waals surface area contributed by atoms with Gasteiger partial charge in [-0.2, -0.15) is 4.31 Å². The smallest absolute Gasteiger partial charge is 0.336 e. The molecule has 112 valence electrons. The molecule has 1 aromatic carbocycles. The van der Waals surface area contributed by atoms with Crippen LogP contribution in [-0.4, -0.2) is 38.9 Å². The van der Waals surface area contributed by atoms with Crippen molar-refractivity contribution in [1.29, 1.82) is 0 Å². The van der Waals surface area contributed by atoms with Gasteiger partial charge in [0.1, 0.15) is 5.58 Å². The maximum absolute atomic E-state index is 12.6. The number of benzene rings is 1. The zero-order valence-electron chi connectivity index (χ0n) is 11.6. The van der Waals surface area contributed by atoms with Gasteiger partial charge in [0.2, 0.25) is 10.0 Å². The fourth-order valence-electron chi connectivity index (χ4n) is 2.54. The number of sulfonamides is 1. The Morgan fingerprint density at radius 1 is 1.29 bits per heavy atom. The Kier molecular flexibility index (Phi) is 3.56. The molecule has 0 aliphatic carbocycles. The van der Waals surface area contributed by atoms with Gasteiger partial charge < -0.3 is 9.73 Å². The Labute approximate surface area is 122 Å². The summed E-state index contributed by atoms with van der Waals surface area (Å²) in [4.78, 5) is 11.4. The van der Waals surface area contributed by atoms with Gasteiger partial charge in [0.05, 0.1) is 4.90 Å². The van der Waals surface area contributed by atoms with Crippen LogP contribution in [0.2, 0.25) is 0 Å². The first kappa shape index (κ1) is 14.2. The van der Waals surface area contributed by atoms with Crippen LogP contribution >= 0.6 is 0 Å². The van der Waals surface area contributed by atoms with Crippen LogP contribution in [0.5, 0.6) is 0 Å². The fraction of sp³-hybridized carbons (Fsp3) is 0.357. The Balaban J connectivity index is 1.99. The fourth-order valence-corrected chi connectivity index (χ4v) is 4.08. The highest BCUT2D eigenvalue weighted by molar-refractivity contribution is 7.89. The Hall–Kier alpha value is -1.70. The normalized spacial score (nSPS) is 20.1. The minimum atomic E-state index is -3.51. The topological polar surface area (TPSA) is 79.6 Å². The zero-order chi connectivity index (χ0) is 15.0. The van der Waals surface area contributed by atoms with E-state index < -0.39 is 15.6 Å². The average molecular weight is 308 g/mol. The third-order valence-electron chi connectivity index (χ3n) is 3.79. The van der Waals surface area contributed by atoms with Gasteiger partial charge in [0, 0.05) is 30.6 Å². The SMILES string of the molecule is CNC1CCN(S(=O)(=O)c2ccc3oc(=O)ccc3c2)C1. The van der Waals surface area contributed by atoms with Crippen LogP contribution in [-0.2, 0) is 10.0 Å². The molecule has 1 unspecified atom stereocenters. The molecule has 21 heavy (non-hydrogen) atoms. The monoisotopic (exact) mass is 308 g/mol. The Bertz CT molecular complexity index is 828. The molecule has 1 aliphatic heterocycles. The van der Waals surface area contributed by atoms with E-state index in [4.69, 9.17) is 4.42 Å². The van der Waals surface area contributed by atoms with Crippen LogP contribution in [0.1, 0.15) is 6.42 Å². The van der Waals surface area contributed by atoms with Crippen molar-refractivity contribution >= 4 is 21.0 Å². The summed E-state index contributed by atoms with van der Waals surface area (Å²) < 4.78 is 31.7. The van der Waals surface area contributed by atoms with Gasteiger partial charge in [0.15, 0.2) is 0 Å². The van der Waals surface area contributed by atoms with E-state index in [0.717, 1.165) is 6.42 Å². The van der Waals surface area contributed by atoms with Crippen LogP contribution < -0.4 is 10.9 Å². The summed E-state index contributed by atoms with van der Waals surface area (Å²) in [6.07, 6.45) is 0.804. The van der Waals surface area contributed by atoms with E-state index in [0.29, 0.717) is 24.1 Å². The van der Waals surface area contributed by atoms with Crippen LogP contribution in [0, 0.1) is 0 Å². The molecule has 0 amide bonds. The van der Waals surface area contributed by atoms with E-state index in [2.05, 4.69) is 5.32 Å². The quantitative estimate of drug-likeness (QED) is 0.848. The molecule has 7 heteroatoms. The standard InChI is InChI=1S/C14H16N2O4S/c1-15-11-6-7-16(9-11)21(18,19)12-3-4-13-10(8-12)2-5-14(17)20-13/h2-5,8,11,15H,6-7,9H2,1H3. The molecular weight excluding hydrogens is 292 g/mol. The highest BCUT2D eigenvalue weighted by Gasteiger charge is 2.31. The van der Waals surface area contributed by atoms with Gasteiger partial charge in [-0.25, -0.2) is 13.2 Å². The van der Waals surface area contributed by atoms with Crippen LogP contribution in [0.15, 0.2) is 44.4 Å². The lowest BCUT2D eigenvalue weighted by atomic mass is 10.2. The summed E-state index contributed by atoms with van der Waals surface area (Å²) >= 11 is 0. The largest absolute Gasteiger partial charge is 0.423 e. The second kappa shape index (κ2) is 5.25. The molecule has 1 aliphatic rings. The average Bonchev–Trinajstić information content (AvgIpc) is 2.96. The number of hydrogen-bond acceptors (Lipinski definition) is 5. The Morgan fingerprint density at radius 3 is 2.81 bits per heavy atom. The maximum Gasteiger partial charge on any atom is 0.336 e. The first-order valence-electron chi connectivity index (χ1n) is 6.72. The molecule has 1 saturated heterocycles. The molecule has 2 aromatic rings. The number of fused-ring (bicyclic) bond motifs is 1. The summed E-state index contributed by atoms with van der Waals surface area (Å²) in [5.41, 5.74) is -0.0644. The number of rotatable bonds is 3. The first-order valence-corrected chi connectivity index (χ1v) is 8.16. The molecule has 0 spiro atoms. The van der Waals surface area contributed by atoms with Crippen molar-refractivity contribution in [1.82, 2.24) is 9.62 Å². The maximum atomic E-state index is 12.6. The lowest BCUT2D eigenvalue weighted by Crippen LogP contribution is -2.33. The molecule has 6 nitrogen and oxygen atoms in total. The summed E-state index contributed by atoms with van der Waals surface area (Å²) in [6.45, 7) is 0.983. The Morgan fingerprint density at radius 2 is 2.10 bits per heavy atom. The number of nitrogens with one attached hydrogen (secondary N) is 1. The predicted octanol–water partition coefficient (Wildman–Crippen LogP) is 0.775. The van der Waals surface area contributed by atoms with Crippen molar-refractivity contribution in [3.63, 3.8) is 0 Å². The molecule has 0 bridgehead atoms. The van der Waals surface area contributed by atoms with Crippen LogP contribution in [0.4, 0.5) is 0 Å². The van der Waals surface area contributed by atoms with Crippen molar-refractivity contribution in [2.45, 2.75) is 17.4 Å². The van der Waals surface area contributed by atoms with Gasteiger partial charge in [-0.15, -0.1) is 0 Å². The van der Waals surface area contributed by atoms with Crippen molar-refractivity contribution in [2.24, 2.45) is 0 Å². The third kappa shape index (κ3) is 2.59. The molecule has 1 aromatic heterocycles. The van der Waals surface area contributed by atoms with E-state index in [-0.39, 0.29) is 10.9 Å². The van der Waals surface area contributed by atoms with E-state index in [1.165, 1.54) is 22.5 Å².